The number of carbonyl (C=O) groups is 1. The first-order valence-corrected chi connectivity index (χ1v) is 5.23. The summed E-state index contributed by atoms with van der Waals surface area (Å²) >= 11 is 0. The minimum absolute atomic E-state index is 0.164. The Hall–Kier alpha value is -2.76. The zero-order valence-corrected chi connectivity index (χ0v) is 9.16. The van der Waals surface area contributed by atoms with E-state index in [9.17, 15) is 4.79 Å². The third kappa shape index (κ3) is 1.51. The van der Waals surface area contributed by atoms with Crippen LogP contribution in [0.3, 0.4) is 0 Å². The number of fused-ring (bicyclic) bond motifs is 1. The summed E-state index contributed by atoms with van der Waals surface area (Å²) in [5, 5.41) is 9.67. The lowest BCUT2D eigenvalue weighted by atomic mass is 10.1. The molecule has 88 valence electrons. The number of aromatic nitrogens is 4. The molecule has 3 aromatic heterocycles. The van der Waals surface area contributed by atoms with Crippen molar-refractivity contribution in [3.05, 3.63) is 42.6 Å². The lowest BCUT2D eigenvalue weighted by Gasteiger charge is -2.02. The second-order valence-corrected chi connectivity index (χ2v) is 3.69. The summed E-state index contributed by atoms with van der Waals surface area (Å²) in [4.78, 5) is 26.1. The molecule has 0 aromatic carbocycles. The summed E-state index contributed by atoms with van der Waals surface area (Å²) in [7, 11) is 0. The van der Waals surface area contributed by atoms with Gasteiger partial charge in [0, 0.05) is 24.2 Å². The summed E-state index contributed by atoms with van der Waals surface area (Å²) < 4.78 is 0. The number of aromatic amines is 1. The van der Waals surface area contributed by atoms with Gasteiger partial charge in [-0.2, -0.15) is 0 Å². The number of rotatable bonds is 2. The second-order valence-electron chi connectivity index (χ2n) is 3.69. The molecule has 3 aromatic rings. The van der Waals surface area contributed by atoms with E-state index in [4.69, 9.17) is 5.11 Å². The zero-order valence-electron chi connectivity index (χ0n) is 9.16. The minimum atomic E-state index is -1.01. The molecule has 0 spiro atoms. The van der Waals surface area contributed by atoms with Gasteiger partial charge in [0.1, 0.15) is 12.0 Å². The van der Waals surface area contributed by atoms with Crippen molar-refractivity contribution in [1.82, 2.24) is 19.9 Å². The molecule has 0 saturated heterocycles. The Kier molecular flexibility index (Phi) is 2.26. The van der Waals surface area contributed by atoms with Crippen LogP contribution < -0.4 is 0 Å². The molecule has 0 aliphatic rings. The summed E-state index contributed by atoms with van der Waals surface area (Å²) in [5.41, 5.74) is 2.06. The van der Waals surface area contributed by atoms with Crippen LogP contribution in [0.15, 0.2) is 37.1 Å². The van der Waals surface area contributed by atoms with Gasteiger partial charge in [0.25, 0.3) is 0 Å². The van der Waals surface area contributed by atoms with Crippen LogP contribution in [0.25, 0.3) is 22.3 Å². The molecule has 0 atom stereocenters. The lowest BCUT2D eigenvalue weighted by Crippen LogP contribution is -1.96. The average molecular weight is 240 g/mol. The highest BCUT2D eigenvalue weighted by Crippen LogP contribution is 2.27. The van der Waals surface area contributed by atoms with Gasteiger partial charge >= 0.3 is 5.97 Å². The van der Waals surface area contributed by atoms with E-state index in [1.807, 2.05) is 0 Å². The van der Waals surface area contributed by atoms with Crippen molar-refractivity contribution in [2.45, 2.75) is 0 Å². The van der Waals surface area contributed by atoms with Gasteiger partial charge in [0.15, 0.2) is 0 Å². The molecule has 0 bridgehead atoms. The number of H-pyrrole nitrogens is 1. The molecule has 6 nitrogen and oxygen atoms in total. The molecule has 0 saturated carbocycles. The maximum absolute atomic E-state index is 11.2. The maximum atomic E-state index is 11.2. The van der Waals surface area contributed by atoms with Crippen LogP contribution in [-0.4, -0.2) is 31.0 Å². The van der Waals surface area contributed by atoms with Gasteiger partial charge < -0.3 is 10.1 Å². The summed E-state index contributed by atoms with van der Waals surface area (Å²) in [6.07, 6.45) is 6.10. The molecule has 0 aliphatic carbocycles. The van der Waals surface area contributed by atoms with E-state index in [2.05, 4.69) is 19.9 Å². The predicted octanol–water partition coefficient (Wildman–Crippen LogP) is 1.72. The Balaban J connectivity index is 2.36. The molecule has 0 fully saturated rings. The second kappa shape index (κ2) is 3.92. The number of nitrogens with zero attached hydrogens (tertiary/aromatic N) is 3. The van der Waals surface area contributed by atoms with Crippen molar-refractivity contribution in [2.75, 3.05) is 0 Å². The van der Waals surface area contributed by atoms with Crippen LogP contribution in [-0.2, 0) is 0 Å². The lowest BCUT2D eigenvalue weighted by molar-refractivity contribution is 0.0699. The summed E-state index contributed by atoms with van der Waals surface area (Å²) in [6.45, 7) is 0. The highest BCUT2D eigenvalue weighted by atomic mass is 16.4. The number of carboxylic acids is 1. The third-order valence-electron chi connectivity index (χ3n) is 2.65. The maximum Gasteiger partial charge on any atom is 0.338 e. The predicted molar refractivity (Wildman–Crippen MR) is 64.1 cm³/mol. The van der Waals surface area contributed by atoms with Crippen LogP contribution >= 0.6 is 0 Å². The van der Waals surface area contributed by atoms with E-state index in [0.717, 1.165) is 5.56 Å². The summed E-state index contributed by atoms with van der Waals surface area (Å²) in [6, 6.07) is 3.56. The molecule has 3 heterocycles. The first kappa shape index (κ1) is 10.4. The number of pyridine rings is 1. The van der Waals surface area contributed by atoms with Crippen LogP contribution in [0.1, 0.15) is 10.4 Å². The monoisotopic (exact) mass is 240 g/mol. The van der Waals surface area contributed by atoms with Crippen molar-refractivity contribution in [3.63, 3.8) is 0 Å². The first-order valence-electron chi connectivity index (χ1n) is 5.23. The summed E-state index contributed by atoms with van der Waals surface area (Å²) in [5.74, 6) is -1.01. The Morgan fingerprint density at radius 1 is 1.22 bits per heavy atom. The van der Waals surface area contributed by atoms with E-state index < -0.39 is 5.97 Å². The van der Waals surface area contributed by atoms with Gasteiger partial charge in [0.05, 0.1) is 16.6 Å². The molecule has 0 aliphatic heterocycles. The average Bonchev–Trinajstić information content (AvgIpc) is 2.83. The molecule has 18 heavy (non-hydrogen) atoms. The topological polar surface area (TPSA) is 91.8 Å². The van der Waals surface area contributed by atoms with E-state index in [0.29, 0.717) is 16.7 Å². The van der Waals surface area contributed by atoms with Crippen molar-refractivity contribution in [1.29, 1.82) is 0 Å². The van der Waals surface area contributed by atoms with Crippen LogP contribution in [0.5, 0.6) is 0 Å². The molecule has 0 amide bonds. The highest BCUT2D eigenvalue weighted by Gasteiger charge is 2.16. The fourth-order valence-electron chi connectivity index (χ4n) is 1.86. The zero-order chi connectivity index (χ0) is 12.5. The Bertz CT molecular complexity index is 721. The minimum Gasteiger partial charge on any atom is -0.478 e. The Labute approximate surface area is 101 Å². The van der Waals surface area contributed by atoms with Gasteiger partial charge in [-0.1, -0.05) is 0 Å². The normalized spacial score (nSPS) is 10.7. The van der Waals surface area contributed by atoms with Gasteiger partial charge in [-0.15, -0.1) is 0 Å². The van der Waals surface area contributed by atoms with Gasteiger partial charge in [-0.3, -0.25) is 4.98 Å². The Morgan fingerprint density at radius 3 is 2.72 bits per heavy atom. The van der Waals surface area contributed by atoms with Gasteiger partial charge in [-0.25, -0.2) is 14.8 Å². The molecule has 6 heteroatoms. The van der Waals surface area contributed by atoms with Crippen molar-refractivity contribution in [3.8, 4) is 11.3 Å². The fourth-order valence-corrected chi connectivity index (χ4v) is 1.86. The largest absolute Gasteiger partial charge is 0.478 e. The van der Waals surface area contributed by atoms with E-state index in [1.165, 1.54) is 12.5 Å². The number of hydrogen-bond donors (Lipinski definition) is 2. The van der Waals surface area contributed by atoms with E-state index in [-0.39, 0.29) is 5.56 Å². The molecule has 0 radical (unpaired) electrons. The first-order chi connectivity index (χ1) is 8.77. The van der Waals surface area contributed by atoms with Gasteiger partial charge in [-0.05, 0) is 12.1 Å². The number of hydrogen-bond acceptors (Lipinski definition) is 4. The number of carboxylic acid groups (broad SMARTS) is 1. The standard InChI is InChI=1S/C12H8N4O2/c17-12(18)8-5-14-11-9(8)10(15-6-16-11)7-1-3-13-4-2-7/h1-6H,(H,17,18)(H,14,15,16). The van der Waals surface area contributed by atoms with Crippen LogP contribution in [0.4, 0.5) is 0 Å². The molecular formula is C12H8N4O2. The van der Waals surface area contributed by atoms with E-state index in [1.54, 1.807) is 24.5 Å². The number of aromatic carboxylic acids is 1. The fraction of sp³-hybridized carbons (Fsp3) is 0. The van der Waals surface area contributed by atoms with Crippen molar-refractivity contribution in [2.24, 2.45) is 0 Å². The molecule has 3 rings (SSSR count). The van der Waals surface area contributed by atoms with Gasteiger partial charge in [0.2, 0.25) is 0 Å². The molecule has 2 N–H and O–H groups in total. The van der Waals surface area contributed by atoms with Crippen LogP contribution in [0, 0.1) is 0 Å². The third-order valence-corrected chi connectivity index (χ3v) is 2.65. The highest BCUT2D eigenvalue weighted by molar-refractivity contribution is 6.07. The quantitative estimate of drug-likeness (QED) is 0.711. The van der Waals surface area contributed by atoms with Crippen molar-refractivity contribution >= 4 is 17.0 Å². The smallest absolute Gasteiger partial charge is 0.338 e. The Morgan fingerprint density at radius 2 is 2.00 bits per heavy atom. The number of nitrogens with one attached hydrogen (secondary N) is 1. The molecule has 0 unspecified atom stereocenters. The molecular weight excluding hydrogens is 232 g/mol. The van der Waals surface area contributed by atoms with Crippen molar-refractivity contribution < 1.29 is 9.90 Å². The van der Waals surface area contributed by atoms with E-state index >= 15 is 0 Å². The SMILES string of the molecule is O=C(O)c1c[nH]c2ncnc(-c3ccncc3)c12. The van der Waals surface area contributed by atoms with Crippen LogP contribution in [0.2, 0.25) is 0 Å².